The summed E-state index contributed by atoms with van der Waals surface area (Å²) in [6.07, 6.45) is 0. The van der Waals surface area contributed by atoms with Crippen LogP contribution >= 0.6 is 15.9 Å². The molecule has 3 aromatic rings. The maximum atomic E-state index is 12.6. The van der Waals surface area contributed by atoms with E-state index in [1.54, 1.807) is 25.3 Å². The zero-order valence-electron chi connectivity index (χ0n) is 15.9. The molecule has 1 atom stereocenters. The molecule has 3 rings (SSSR count). The number of nitrogens with zero attached hydrogens (tertiary/aromatic N) is 1. The predicted molar refractivity (Wildman–Crippen MR) is 112 cm³/mol. The van der Waals surface area contributed by atoms with Crippen LogP contribution in [0.25, 0.3) is 11.0 Å². The number of methoxy groups -OCH3 is 1. The van der Waals surface area contributed by atoms with Crippen molar-refractivity contribution in [2.24, 2.45) is 0 Å². The third-order valence-electron chi connectivity index (χ3n) is 4.49. The van der Waals surface area contributed by atoms with Gasteiger partial charge in [-0.25, -0.2) is 0 Å². The van der Waals surface area contributed by atoms with Crippen molar-refractivity contribution in [3.63, 3.8) is 0 Å². The summed E-state index contributed by atoms with van der Waals surface area (Å²) in [6, 6.07) is 13.9. The molecule has 0 aliphatic carbocycles. The number of hydrogen-bond acceptors (Lipinski definition) is 5. The fraction of sp³-hybridized carbons (Fsp3) is 0.238. The minimum atomic E-state index is -0.444. The Hall–Kier alpha value is -2.64. The summed E-state index contributed by atoms with van der Waals surface area (Å²) in [4.78, 5) is 26.9. The molecule has 146 valence electrons. The highest BCUT2D eigenvalue weighted by Crippen LogP contribution is 2.27. The number of rotatable bonds is 6. The number of nitrogens with one attached hydrogen (secondary N) is 1. The lowest BCUT2D eigenvalue weighted by atomic mass is 10.0. The molecular formula is C21H21BrN2O4. The van der Waals surface area contributed by atoms with Crippen LogP contribution in [0.3, 0.4) is 0 Å². The third kappa shape index (κ3) is 4.26. The van der Waals surface area contributed by atoms with Crippen molar-refractivity contribution in [2.75, 3.05) is 27.7 Å². The topological polar surface area (TPSA) is 71.8 Å². The molecule has 0 fully saturated rings. The molecule has 0 aliphatic rings. The Labute approximate surface area is 171 Å². The van der Waals surface area contributed by atoms with E-state index in [9.17, 15) is 9.59 Å². The maximum Gasteiger partial charge on any atom is 0.287 e. The van der Waals surface area contributed by atoms with E-state index < -0.39 is 5.91 Å². The Morgan fingerprint density at radius 3 is 2.68 bits per heavy atom. The van der Waals surface area contributed by atoms with Crippen LogP contribution in [0.4, 0.5) is 0 Å². The summed E-state index contributed by atoms with van der Waals surface area (Å²) >= 11 is 3.34. The molecule has 0 unspecified atom stereocenters. The van der Waals surface area contributed by atoms with E-state index in [2.05, 4.69) is 21.2 Å². The van der Waals surface area contributed by atoms with Gasteiger partial charge in [-0.3, -0.25) is 9.59 Å². The largest absolute Gasteiger partial charge is 0.496 e. The number of carbonyl (C=O) groups is 1. The molecule has 0 radical (unpaired) electrons. The van der Waals surface area contributed by atoms with Crippen molar-refractivity contribution < 1.29 is 13.9 Å². The van der Waals surface area contributed by atoms with Gasteiger partial charge in [-0.05, 0) is 38.4 Å². The fourth-order valence-electron chi connectivity index (χ4n) is 3.03. The van der Waals surface area contributed by atoms with Crippen molar-refractivity contribution in [3.05, 3.63) is 74.6 Å². The van der Waals surface area contributed by atoms with Crippen LogP contribution < -0.4 is 15.5 Å². The predicted octanol–water partition coefficient (Wildman–Crippen LogP) is 3.60. The van der Waals surface area contributed by atoms with E-state index in [1.807, 2.05) is 43.3 Å². The van der Waals surface area contributed by atoms with Crippen LogP contribution in [0, 0.1) is 0 Å². The van der Waals surface area contributed by atoms with E-state index in [0.29, 0.717) is 17.5 Å². The van der Waals surface area contributed by atoms with Gasteiger partial charge in [0.1, 0.15) is 11.3 Å². The molecule has 7 heteroatoms. The van der Waals surface area contributed by atoms with Crippen molar-refractivity contribution in [1.82, 2.24) is 10.2 Å². The van der Waals surface area contributed by atoms with Gasteiger partial charge in [-0.2, -0.15) is 0 Å². The number of likely N-dealkylation sites (N-methyl/N-ethyl adjacent to an activating group) is 1. The minimum Gasteiger partial charge on any atom is -0.496 e. The molecule has 28 heavy (non-hydrogen) atoms. The van der Waals surface area contributed by atoms with E-state index in [1.165, 1.54) is 6.07 Å². The van der Waals surface area contributed by atoms with Crippen LogP contribution in [0.1, 0.15) is 22.2 Å². The molecule has 2 aromatic carbocycles. The lowest BCUT2D eigenvalue weighted by Crippen LogP contribution is -2.35. The van der Waals surface area contributed by atoms with Crippen LogP contribution in [0.2, 0.25) is 0 Å². The summed E-state index contributed by atoms with van der Waals surface area (Å²) in [6.45, 7) is 0.326. The second kappa shape index (κ2) is 8.58. The first kappa shape index (κ1) is 20.1. The highest BCUT2D eigenvalue weighted by Gasteiger charge is 2.20. The van der Waals surface area contributed by atoms with Crippen LogP contribution in [-0.4, -0.2) is 38.6 Å². The summed E-state index contributed by atoms with van der Waals surface area (Å²) in [5.41, 5.74) is 1.06. The average Bonchev–Trinajstić information content (AvgIpc) is 2.67. The average molecular weight is 445 g/mol. The highest BCUT2D eigenvalue weighted by atomic mass is 79.9. The van der Waals surface area contributed by atoms with E-state index in [-0.39, 0.29) is 17.2 Å². The maximum absolute atomic E-state index is 12.6. The molecule has 1 heterocycles. The molecular weight excluding hydrogens is 424 g/mol. The Morgan fingerprint density at radius 2 is 1.96 bits per heavy atom. The lowest BCUT2D eigenvalue weighted by molar-refractivity contribution is 0.0914. The molecule has 0 bridgehead atoms. The normalized spacial score (nSPS) is 12.2. The Bertz CT molecular complexity index is 1060. The summed E-state index contributed by atoms with van der Waals surface area (Å²) in [5.74, 6) is 0.284. The second-order valence-corrected chi connectivity index (χ2v) is 7.46. The molecule has 1 N–H and O–H groups in total. The fourth-order valence-corrected chi connectivity index (χ4v) is 3.37. The van der Waals surface area contributed by atoms with Gasteiger partial charge in [0.2, 0.25) is 0 Å². The molecule has 1 amide bonds. The van der Waals surface area contributed by atoms with Crippen LogP contribution in [-0.2, 0) is 0 Å². The number of fused-ring (bicyclic) bond motifs is 1. The SMILES string of the molecule is COc1ccccc1[C@@H](CNC(=O)c1cc(=O)c2ccc(Br)cc2o1)N(C)C. The molecule has 0 saturated heterocycles. The van der Waals surface area contributed by atoms with Gasteiger partial charge in [0.15, 0.2) is 11.2 Å². The quantitative estimate of drug-likeness (QED) is 0.628. The number of amides is 1. The zero-order valence-corrected chi connectivity index (χ0v) is 17.4. The standard InChI is InChI=1S/C21H21BrN2O4/c1-24(2)16(14-6-4-5-7-18(14)27-3)12-23-21(26)20-11-17(25)15-9-8-13(22)10-19(15)28-20/h4-11,16H,12H2,1-3H3,(H,23,26)/t16-/m1/s1. The molecule has 6 nitrogen and oxygen atoms in total. The van der Waals surface area contributed by atoms with Gasteiger partial charge in [0.05, 0.1) is 18.5 Å². The lowest BCUT2D eigenvalue weighted by Gasteiger charge is -2.26. The molecule has 0 saturated carbocycles. The highest BCUT2D eigenvalue weighted by molar-refractivity contribution is 9.10. The van der Waals surface area contributed by atoms with Crippen LogP contribution in [0.15, 0.2) is 62.2 Å². The van der Waals surface area contributed by atoms with Gasteiger partial charge in [0.25, 0.3) is 5.91 Å². The first-order valence-electron chi connectivity index (χ1n) is 8.71. The van der Waals surface area contributed by atoms with Gasteiger partial charge in [0, 0.05) is 22.6 Å². The molecule has 0 spiro atoms. The van der Waals surface area contributed by atoms with Crippen molar-refractivity contribution in [3.8, 4) is 5.75 Å². The number of benzene rings is 2. The first-order chi connectivity index (χ1) is 13.4. The summed E-state index contributed by atoms with van der Waals surface area (Å²) in [7, 11) is 5.47. The first-order valence-corrected chi connectivity index (χ1v) is 9.51. The zero-order chi connectivity index (χ0) is 20.3. The summed E-state index contributed by atoms with van der Waals surface area (Å²) in [5, 5.41) is 3.29. The Kier molecular flexibility index (Phi) is 6.16. The number of halogens is 1. The van der Waals surface area contributed by atoms with Gasteiger partial charge < -0.3 is 19.4 Å². The number of ether oxygens (including phenoxy) is 1. The van der Waals surface area contributed by atoms with Gasteiger partial charge >= 0.3 is 0 Å². The number of carbonyl (C=O) groups excluding carboxylic acids is 1. The number of hydrogen-bond donors (Lipinski definition) is 1. The van der Waals surface area contributed by atoms with Crippen molar-refractivity contribution in [2.45, 2.75) is 6.04 Å². The van der Waals surface area contributed by atoms with E-state index in [0.717, 1.165) is 15.8 Å². The van der Waals surface area contributed by atoms with Crippen molar-refractivity contribution in [1.29, 1.82) is 0 Å². The third-order valence-corrected chi connectivity index (χ3v) is 4.99. The Balaban J connectivity index is 1.84. The molecule has 1 aromatic heterocycles. The molecule has 0 aliphatic heterocycles. The summed E-state index contributed by atoms with van der Waals surface area (Å²) < 4.78 is 11.9. The monoisotopic (exact) mass is 444 g/mol. The van der Waals surface area contributed by atoms with Crippen LogP contribution in [0.5, 0.6) is 5.75 Å². The van der Waals surface area contributed by atoms with Crippen molar-refractivity contribution >= 4 is 32.8 Å². The van der Waals surface area contributed by atoms with E-state index in [4.69, 9.17) is 9.15 Å². The number of para-hydroxylation sites is 1. The smallest absolute Gasteiger partial charge is 0.287 e. The second-order valence-electron chi connectivity index (χ2n) is 6.55. The van der Waals surface area contributed by atoms with E-state index >= 15 is 0 Å². The Morgan fingerprint density at radius 1 is 1.21 bits per heavy atom. The van der Waals surface area contributed by atoms with Gasteiger partial charge in [-0.15, -0.1) is 0 Å². The minimum absolute atomic E-state index is 0.0202. The van der Waals surface area contributed by atoms with Gasteiger partial charge in [-0.1, -0.05) is 34.1 Å².